The highest BCUT2D eigenvalue weighted by Gasteiger charge is 2.13. The lowest BCUT2D eigenvalue weighted by atomic mass is 10.0. The van der Waals surface area contributed by atoms with Crippen LogP contribution in [-0.4, -0.2) is 7.11 Å². The van der Waals surface area contributed by atoms with Crippen molar-refractivity contribution in [1.29, 1.82) is 0 Å². The van der Waals surface area contributed by atoms with Gasteiger partial charge in [0.25, 0.3) is 0 Å². The maximum Gasteiger partial charge on any atom is 0.119 e. The van der Waals surface area contributed by atoms with Crippen LogP contribution in [0.3, 0.4) is 0 Å². The van der Waals surface area contributed by atoms with E-state index in [1.54, 1.807) is 7.11 Å². The fourth-order valence-corrected chi connectivity index (χ4v) is 4.37. The highest BCUT2D eigenvalue weighted by Crippen LogP contribution is 2.40. The molecule has 0 saturated heterocycles. The lowest BCUT2D eigenvalue weighted by molar-refractivity contribution is 0.414. The van der Waals surface area contributed by atoms with Gasteiger partial charge in [0.15, 0.2) is 0 Å². The summed E-state index contributed by atoms with van der Waals surface area (Å²) in [5.41, 5.74) is 5.11. The summed E-state index contributed by atoms with van der Waals surface area (Å²) >= 11 is 1.87. The van der Waals surface area contributed by atoms with E-state index in [0.717, 1.165) is 12.2 Å². The molecule has 0 fully saturated rings. The first-order valence-corrected chi connectivity index (χ1v) is 9.51. The zero-order valence-electron chi connectivity index (χ0n) is 14.7. The van der Waals surface area contributed by atoms with Crippen LogP contribution in [0.25, 0.3) is 21.6 Å². The molecule has 26 heavy (non-hydrogen) atoms. The molecule has 0 N–H and O–H groups in total. The minimum absolute atomic E-state index is 0.908. The van der Waals surface area contributed by atoms with E-state index in [4.69, 9.17) is 4.74 Å². The fraction of sp³-hybridized carbons (Fsp3) is 0.0833. The van der Waals surface area contributed by atoms with E-state index in [1.807, 2.05) is 17.4 Å². The molecule has 0 aliphatic heterocycles. The van der Waals surface area contributed by atoms with E-state index in [9.17, 15) is 0 Å². The Labute approximate surface area is 158 Å². The Hall–Kier alpha value is -2.84. The monoisotopic (exact) mass is 356 g/mol. The van der Waals surface area contributed by atoms with Gasteiger partial charge in [-0.2, -0.15) is 0 Å². The molecular formula is C24H20OS. The summed E-state index contributed by atoms with van der Waals surface area (Å²) in [6.45, 7) is 0. The maximum absolute atomic E-state index is 5.36. The molecule has 0 atom stereocenters. The second-order valence-corrected chi connectivity index (χ2v) is 7.35. The minimum atomic E-state index is 0.908. The normalized spacial score (nSPS) is 10.7. The zero-order chi connectivity index (χ0) is 17.8. The lowest BCUT2D eigenvalue weighted by Crippen LogP contribution is -1.87. The molecule has 0 saturated carbocycles. The summed E-state index contributed by atoms with van der Waals surface area (Å²) < 4.78 is 5.36. The molecule has 0 spiro atoms. The van der Waals surface area contributed by atoms with E-state index >= 15 is 0 Å². The molecule has 1 aromatic heterocycles. The number of benzene rings is 3. The SMILES string of the molecule is COc1cccc(Cc2cc(-c3ccccc3)c(-c3ccccc3)s2)c1. The first-order chi connectivity index (χ1) is 12.8. The summed E-state index contributed by atoms with van der Waals surface area (Å²) in [5.74, 6) is 0.908. The van der Waals surface area contributed by atoms with Crippen molar-refractivity contribution in [3.63, 3.8) is 0 Å². The smallest absolute Gasteiger partial charge is 0.119 e. The first kappa shape index (κ1) is 16.6. The van der Waals surface area contributed by atoms with Crippen LogP contribution < -0.4 is 4.74 Å². The van der Waals surface area contributed by atoms with E-state index < -0.39 is 0 Å². The number of rotatable bonds is 5. The zero-order valence-corrected chi connectivity index (χ0v) is 15.5. The molecule has 128 valence electrons. The van der Waals surface area contributed by atoms with Gasteiger partial charge in [-0.25, -0.2) is 0 Å². The summed E-state index contributed by atoms with van der Waals surface area (Å²) in [5, 5.41) is 0. The molecule has 4 aromatic rings. The van der Waals surface area contributed by atoms with Crippen LogP contribution in [0.5, 0.6) is 5.75 Å². The number of hydrogen-bond acceptors (Lipinski definition) is 2. The van der Waals surface area contributed by atoms with Crippen LogP contribution in [0.15, 0.2) is 91.0 Å². The Balaban J connectivity index is 1.76. The van der Waals surface area contributed by atoms with Gasteiger partial charge in [0.2, 0.25) is 0 Å². The molecular weight excluding hydrogens is 336 g/mol. The van der Waals surface area contributed by atoms with Crippen molar-refractivity contribution >= 4 is 11.3 Å². The van der Waals surface area contributed by atoms with Crippen molar-refractivity contribution in [2.24, 2.45) is 0 Å². The number of methoxy groups -OCH3 is 1. The molecule has 1 nitrogen and oxygen atoms in total. The van der Waals surface area contributed by atoms with Crippen LogP contribution in [0.1, 0.15) is 10.4 Å². The largest absolute Gasteiger partial charge is 0.497 e. The van der Waals surface area contributed by atoms with Crippen molar-refractivity contribution in [3.05, 3.63) is 101 Å². The Morgan fingerprint density at radius 2 is 1.42 bits per heavy atom. The van der Waals surface area contributed by atoms with Crippen molar-refractivity contribution in [2.45, 2.75) is 6.42 Å². The third-order valence-corrected chi connectivity index (χ3v) is 5.60. The molecule has 1 heterocycles. The lowest BCUT2D eigenvalue weighted by Gasteiger charge is -2.03. The van der Waals surface area contributed by atoms with Crippen molar-refractivity contribution < 1.29 is 4.74 Å². The van der Waals surface area contributed by atoms with Gasteiger partial charge >= 0.3 is 0 Å². The van der Waals surface area contributed by atoms with Gasteiger partial charge in [0.1, 0.15) is 5.75 Å². The molecule has 0 radical (unpaired) electrons. The van der Waals surface area contributed by atoms with Gasteiger partial charge < -0.3 is 4.74 Å². The molecule has 2 heteroatoms. The van der Waals surface area contributed by atoms with Gasteiger partial charge in [-0.3, -0.25) is 0 Å². The highest BCUT2D eigenvalue weighted by molar-refractivity contribution is 7.16. The van der Waals surface area contributed by atoms with Gasteiger partial charge in [-0.05, 0) is 34.9 Å². The van der Waals surface area contributed by atoms with Crippen LogP contribution in [0.4, 0.5) is 0 Å². The summed E-state index contributed by atoms with van der Waals surface area (Å²) in [6, 6.07) is 31.9. The highest BCUT2D eigenvalue weighted by atomic mass is 32.1. The van der Waals surface area contributed by atoms with E-state index in [2.05, 4.69) is 84.9 Å². The third kappa shape index (κ3) is 3.56. The number of ether oxygens (including phenoxy) is 1. The average molecular weight is 356 g/mol. The average Bonchev–Trinajstić information content (AvgIpc) is 3.13. The van der Waals surface area contributed by atoms with Gasteiger partial charge in [0.05, 0.1) is 7.11 Å². The Kier molecular flexibility index (Phi) is 4.85. The number of thiophene rings is 1. The molecule has 3 aromatic carbocycles. The fourth-order valence-electron chi connectivity index (χ4n) is 3.15. The molecule has 0 aliphatic rings. The van der Waals surface area contributed by atoms with Crippen molar-refractivity contribution in [1.82, 2.24) is 0 Å². The second kappa shape index (κ2) is 7.59. The van der Waals surface area contributed by atoms with E-state index in [-0.39, 0.29) is 0 Å². The molecule has 4 rings (SSSR count). The van der Waals surface area contributed by atoms with Crippen LogP contribution in [0, 0.1) is 0 Å². The van der Waals surface area contributed by atoms with E-state index in [1.165, 1.54) is 32.0 Å². The Bertz CT molecular complexity index is 930. The standard InChI is InChI=1S/C24H20OS/c1-25-21-14-8-9-18(15-21)16-22-17-23(19-10-4-2-5-11-19)24(26-22)20-12-6-3-7-13-20/h2-15,17H,16H2,1H3. The first-order valence-electron chi connectivity index (χ1n) is 8.70. The summed E-state index contributed by atoms with van der Waals surface area (Å²) in [7, 11) is 1.71. The quantitative estimate of drug-likeness (QED) is 0.387. The summed E-state index contributed by atoms with van der Waals surface area (Å²) in [6.07, 6.45) is 0.911. The second-order valence-electron chi connectivity index (χ2n) is 6.22. The predicted octanol–water partition coefficient (Wildman–Crippen LogP) is 6.68. The van der Waals surface area contributed by atoms with Crippen LogP contribution in [0.2, 0.25) is 0 Å². The molecule has 0 unspecified atom stereocenters. The van der Waals surface area contributed by atoms with E-state index in [0.29, 0.717) is 0 Å². The van der Waals surface area contributed by atoms with Crippen molar-refractivity contribution in [3.8, 4) is 27.3 Å². The van der Waals surface area contributed by atoms with Crippen LogP contribution in [-0.2, 0) is 6.42 Å². The molecule has 0 bridgehead atoms. The number of hydrogen-bond donors (Lipinski definition) is 0. The topological polar surface area (TPSA) is 9.23 Å². The maximum atomic E-state index is 5.36. The minimum Gasteiger partial charge on any atom is -0.497 e. The predicted molar refractivity (Wildman–Crippen MR) is 111 cm³/mol. The molecule has 0 aliphatic carbocycles. The van der Waals surface area contributed by atoms with Crippen LogP contribution >= 0.6 is 11.3 Å². The Morgan fingerprint density at radius 1 is 0.731 bits per heavy atom. The molecule has 0 amide bonds. The summed E-state index contributed by atoms with van der Waals surface area (Å²) in [4.78, 5) is 2.69. The third-order valence-electron chi connectivity index (χ3n) is 4.42. The Morgan fingerprint density at radius 3 is 2.12 bits per heavy atom. The van der Waals surface area contributed by atoms with Gasteiger partial charge in [-0.1, -0.05) is 72.8 Å². The van der Waals surface area contributed by atoms with Gasteiger partial charge in [0, 0.05) is 21.7 Å². The van der Waals surface area contributed by atoms with Crippen molar-refractivity contribution in [2.75, 3.05) is 7.11 Å². The van der Waals surface area contributed by atoms with Gasteiger partial charge in [-0.15, -0.1) is 11.3 Å².